The van der Waals surface area contributed by atoms with Gasteiger partial charge in [-0.25, -0.2) is 0 Å². The zero-order valence-electron chi connectivity index (χ0n) is 12.0. The topological polar surface area (TPSA) is 127 Å². The molecule has 1 aromatic carbocycles. The normalized spacial score (nSPS) is 13.0. The monoisotopic (exact) mass is 316 g/mol. The summed E-state index contributed by atoms with van der Waals surface area (Å²) >= 11 is 5.66. The number of benzene rings is 1. The highest BCUT2D eigenvalue weighted by atomic mass is 35.5. The van der Waals surface area contributed by atoms with Crippen molar-refractivity contribution in [1.82, 2.24) is 0 Å². The molecule has 0 aliphatic carbocycles. The molecule has 6 N–H and O–H groups in total. The van der Waals surface area contributed by atoms with Crippen LogP contribution >= 0.6 is 11.6 Å². The molecule has 7 heteroatoms. The molecule has 0 saturated heterocycles. The van der Waals surface area contributed by atoms with Crippen LogP contribution in [0, 0.1) is 5.92 Å². The number of hydrogen-bond donors (Lipinski definition) is 4. The second kappa shape index (κ2) is 9.33. The fraction of sp³-hybridized carbons (Fsp3) is 0.429. The molecule has 0 aliphatic heterocycles. The fourth-order valence-electron chi connectivity index (χ4n) is 1.25. The third-order valence-corrected chi connectivity index (χ3v) is 2.94. The van der Waals surface area contributed by atoms with Gasteiger partial charge in [-0.2, -0.15) is 0 Å². The van der Waals surface area contributed by atoms with Gasteiger partial charge in [-0.3, -0.25) is 9.59 Å². The van der Waals surface area contributed by atoms with E-state index in [0.717, 1.165) is 5.56 Å². The minimum atomic E-state index is -0.991. The molecule has 1 rings (SSSR count). The van der Waals surface area contributed by atoms with Crippen LogP contribution in [0.1, 0.15) is 19.4 Å². The van der Waals surface area contributed by atoms with E-state index < -0.39 is 24.0 Å². The molecule has 0 aromatic heterocycles. The van der Waals surface area contributed by atoms with E-state index in [1.807, 2.05) is 0 Å². The van der Waals surface area contributed by atoms with Gasteiger partial charge in [-0.15, -0.1) is 0 Å². The standard InChI is InChI=1S/C9H10ClNO2.C5H11NO2/c10-7-3-1-6(2-4-7)5-8(11)9(12)13;1-3(2)4(6)5(7)8/h1-4,8H,5,11H2,(H,12,13);3-4H,6H2,1-2H3,(H,7,8)/t8-;4-/m00/s1. The largest absolute Gasteiger partial charge is 0.480 e. The van der Waals surface area contributed by atoms with Gasteiger partial charge in [-0.05, 0) is 30.0 Å². The maximum atomic E-state index is 10.4. The molecule has 0 spiro atoms. The molecule has 0 saturated carbocycles. The third-order valence-electron chi connectivity index (χ3n) is 2.69. The van der Waals surface area contributed by atoms with Gasteiger partial charge in [0.25, 0.3) is 0 Å². The lowest BCUT2D eigenvalue weighted by molar-refractivity contribution is -0.140. The van der Waals surface area contributed by atoms with Crippen molar-refractivity contribution in [3.05, 3.63) is 34.9 Å². The van der Waals surface area contributed by atoms with Gasteiger partial charge in [0.05, 0.1) is 0 Å². The summed E-state index contributed by atoms with van der Waals surface area (Å²) in [5.74, 6) is -1.90. The number of carbonyl (C=O) groups is 2. The van der Waals surface area contributed by atoms with Crippen LogP contribution < -0.4 is 11.5 Å². The maximum absolute atomic E-state index is 10.4. The summed E-state index contributed by atoms with van der Waals surface area (Å²) < 4.78 is 0. The number of halogens is 1. The van der Waals surface area contributed by atoms with E-state index in [4.69, 9.17) is 33.3 Å². The first-order valence-corrected chi connectivity index (χ1v) is 6.74. The molecule has 1 aromatic rings. The minimum Gasteiger partial charge on any atom is -0.480 e. The zero-order valence-corrected chi connectivity index (χ0v) is 12.7. The number of nitrogens with two attached hydrogens (primary N) is 2. The second-order valence-electron chi connectivity index (χ2n) is 4.88. The highest BCUT2D eigenvalue weighted by Crippen LogP contribution is 2.10. The highest BCUT2D eigenvalue weighted by Gasteiger charge is 2.14. The summed E-state index contributed by atoms with van der Waals surface area (Å²) in [5, 5.41) is 17.4. The Bertz CT molecular complexity index is 463. The number of rotatable bonds is 5. The van der Waals surface area contributed by atoms with Crippen LogP contribution in [0.5, 0.6) is 0 Å². The van der Waals surface area contributed by atoms with Gasteiger partial charge in [-0.1, -0.05) is 37.6 Å². The SMILES string of the molecule is CC(C)[C@H](N)C(=O)O.N[C@@H](Cc1ccc(Cl)cc1)C(=O)O. The van der Waals surface area contributed by atoms with Crippen molar-refractivity contribution in [2.24, 2.45) is 17.4 Å². The maximum Gasteiger partial charge on any atom is 0.320 e. The van der Waals surface area contributed by atoms with E-state index in [0.29, 0.717) is 11.4 Å². The minimum absolute atomic E-state index is 0.0208. The highest BCUT2D eigenvalue weighted by molar-refractivity contribution is 6.30. The van der Waals surface area contributed by atoms with E-state index in [1.54, 1.807) is 38.1 Å². The molecule has 0 heterocycles. The molecule has 0 bridgehead atoms. The molecular formula is C14H21ClN2O4. The lowest BCUT2D eigenvalue weighted by atomic mass is 10.1. The second-order valence-corrected chi connectivity index (χ2v) is 5.32. The Kier molecular flexibility index (Phi) is 8.61. The molecule has 0 unspecified atom stereocenters. The van der Waals surface area contributed by atoms with E-state index >= 15 is 0 Å². The molecule has 0 amide bonds. The van der Waals surface area contributed by atoms with E-state index in [1.165, 1.54) is 0 Å². The van der Waals surface area contributed by atoms with Crippen LogP contribution in [0.2, 0.25) is 5.02 Å². The van der Waals surface area contributed by atoms with Gasteiger partial charge in [0.15, 0.2) is 0 Å². The molecule has 0 radical (unpaired) electrons. The first kappa shape index (κ1) is 19.4. The summed E-state index contributed by atoms with van der Waals surface area (Å²) in [6, 6.07) is 5.41. The summed E-state index contributed by atoms with van der Waals surface area (Å²) in [6.45, 7) is 3.55. The first-order chi connectivity index (χ1) is 9.65. The first-order valence-electron chi connectivity index (χ1n) is 6.36. The molecule has 2 atom stereocenters. The van der Waals surface area contributed by atoms with Gasteiger partial charge < -0.3 is 21.7 Å². The summed E-state index contributed by atoms with van der Waals surface area (Å²) in [6.07, 6.45) is 0.326. The summed E-state index contributed by atoms with van der Waals surface area (Å²) in [7, 11) is 0. The van der Waals surface area contributed by atoms with Crippen LogP contribution in [0.25, 0.3) is 0 Å². The van der Waals surface area contributed by atoms with Gasteiger partial charge in [0.1, 0.15) is 12.1 Å². The van der Waals surface area contributed by atoms with Crippen LogP contribution in [-0.2, 0) is 16.0 Å². The number of hydrogen-bond acceptors (Lipinski definition) is 4. The van der Waals surface area contributed by atoms with Crippen molar-refractivity contribution < 1.29 is 19.8 Å². The Labute approximate surface area is 128 Å². The molecule has 6 nitrogen and oxygen atoms in total. The predicted octanol–water partition coefficient (Wildman–Crippen LogP) is 1.35. The Morgan fingerprint density at radius 3 is 1.86 bits per heavy atom. The van der Waals surface area contributed by atoms with E-state index in [2.05, 4.69) is 0 Å². The van der Waals surface area contributed by atoms with E-state index in [-0.39, 0.29) is 5.92 Å². The lowest BCUT2D eigenvalue weighted by Crippen LogP contribution is -2.34. The molecular weight excluding hydrogens is 296 g/mol. The van der Waals surface area contributed by atoms with Gasteiger partial charge >= 0.3 is 11.9 Å². The Morgan fingerprint density at radius 1 is 1.10 bits per heavy atom. The smallest absolute Gasteiger partial charge is 0.320 e. The number of carboxylic acids is 2. The third kappa shape index (κ3) is 8.29. The van der Waals surface area contributed by atoms with Crippen molar-refractivity contribution in [2.45, 2.75) is 32.4 Å². The van der Waals surface area contributed by atoms with Crippen LogP contribution in [0.4, 0.5) is 0 Å². The van der Waals surface area contributed by atoms with Gasteiger partial charge in [0, 0.05) is 5.02 Å². The Balaban J connectivity index is 0.000000433. The number of aliphatic carboxylic acids is 2. The Morgan fingerprint density at radius 2 is 1.57 bits per heavy atom. The summed E-state index contributed by atoms with van der Waals surface area (Å²) in [4.78, 5) is 20.4. The summed E-state index contributed by atoms with van der Waals surface area (Å²) in [5.41, 5.74) is 11.4. The van der Waals surface area contributed by atoms with Crippen molar-refractivity contribution in [2.75, 3.05) is 0 Å². The zero-order chi connectivity index (χ0) is 16.6. The molecule has 118 valence electrons. The van der Waals surface area contributed by atoms with Crippen LogP contribution in [-0.4, -0.2) is 34.2 Å². The number of carboxylic acid groups (broad SMARTS) is 2. The lowest BCUT2D eigenvalue weighted by Gasteiger charge is -2.07. The molecule has 21 heavy (non-hydrogen) atoms. The van der Waals surface area contributed by atoms with Gasteiger partial charge in [0.2, 0.25) is 0 Å². The average molecular weight is 317 g/mol. The fourth-order valence-corrected chi connectivity index (χ4v) is 1.37. The van der Waals surface area contributed by atoms with Crippen molar-refractivity contribution >= 4 is 23.5 Å². The molecule has 0 aliphatic rings. The van der Waals surface area contributed by atoms with Crippen molar-refractivity contribution in [1.29, 1.82) is 0 Å². The quantitative estimate of drug-likeness (QED) is 0.649. The predicted molar refractivity (Wildman–Crippen MR) is 81.2 cm³/mol. The van der Waals surface area contributed by atoms with Crippen molar-refractivity contribution in [3.8, 4) is 0 Å². The van der Waals surface area contributed by atoms with Crippen molar-refractivity contribution in [3.63, 3.8) is 0 Å². The average Bonchev–Trinajstić information content (AvgIpc) is 2.40. The Hall–Kier alpha value is -1.63. The molecule has 0 fully saturated rings. The van der Waals surface area contributed by atoms with E-state index in [9.17, 15) is 9.59 Å². The van der Waals surface area contributed by atoms with Crippen LogP contribution in [0.15, 0.2) is 24.3 Å². The van der Waals surface area contributed by atoms with Crippen LogP contribution in [0.3, 0.4) is 0 Å².